The van der Waals surface area contributed by atoms with Crippen LogP contribution in [0.2, 0.25) is 0 Å². The molecule has 0 saturated heterocycles. The first-order valence-corrected chi connectivity index (χ1v) is 4.34. The summed E-state index contributed by atoms with van der Waals surface area (Å²) in [7, 11) is 0. The number of thioether (sulfide) groups is 1. The Labute approximate surface area is 69.2 Å². The largest absolute Gasteiger partial charge is 0.505 e. The van der Waals surface area contributed by atoms with Gasteiger partial charge in [0.15, 0.2) is 11.6 Å². The Kier molecular flexibility index (Phi) is 2.76. The molecule has 0 aromatic heterocycles. The van der Waals surface area contributed by atoms with Crippen molar-refractivity contribution in [2.45, 2.75) is 11.8 Å². The van der Waals surface area contributed by atoms with Crippen molar-refractivity contribution in [1.29, 1.82) is 0 Å². The highest BCUT2D eigenvalue weighted by atomic mass is 32.2. The van der Waals surface area contributed by atoms with Crippen LogP contribution in [0, 0.1) is 5.82 Å². The normalized spacial score (nSPS) is 10.0. The maximum absolute atomic E-state index is 12.6. The SMILES string of the molecule is CCSc1ccc(O)c(F)c1. The standard InChI is InChI=1S/C8H9FOS/c1-2-11-6-3-4-8(10)7(9)5-6/h3-5,10H,2H2,1H3. The van der Waals surface area contributed by atoms with Gasteiger partial charge in [-0.15, -0.1) is 11.8 Å². The zero-order valence-corrected chi connectivity index (χ0v) is 6.99. The van der Waals surface area contributed by atoms with Crippen LogP contribution in [0.1, 0.15) is 6.92 Å². The number of benzene rings is 1. The molecule has 0 heterocycles. The second-order valence-electron chi connectivity index (χ2n) is 2.05. The number of rotatable bonds is 2. The lowest BCUT2D eigenvalue weighted by Crippen LogP contribution is -1.77. The molecule has 1 aromatic rings. The lowest BCUT2D eigenvalue weighted by molar-refractivity contribution is 0.431. The van der Waals surface area contributed by atoms with Gasteiger partial charge in [0.1, 0.15) is 0 Å². The number of phenols is 1. The molecule has 0 bridgehead atoms. The topological polar surface area (TPSA) is 20.2 Å². The number of hydrogen-bond acceptors (Lipinski definition) is 2. The highest BCUT2D eigenvalue weighted by Gasteiger charge is 1.99. The van der Waals surface area contributed by atoms with E-state index in [0.29, 0.717) is 0 Å². The molecule has 0 fully saturated rings. The van der Waals surface area contributed by atoms with E-state index >= 15 is 0 Å². The second kappa shape index (κ2) is 3.62. The van der Waals surface area contributed by atoms with Gasteiger partial charge in [0.25, 0.3) is 0 Å². The van der Waals surface area contributed by atoms with Crippen LogP contribution in [-0.4, -0.2) is 10.9 Å². The van der Waals surface area contributed by atoms with Gasteiger partial charge in [-0.25, -0.2) is 4.39 Å². The maximum atomic E-state index is 12.6. The fourth-order valence-electron chi connectivity index (χ4n) is 0.744. The molecule has 1 rings (SSSR count). The Hall–Kier alpha value is -0.700. The third-order valence-corrected chi connectivity index (χ3v) is 2.11. The van der Waals surface area contributed by atoms with Crippen LogP contribution in [-0.2, 0) is 0 Å². The molecule has 0 atom stereocenters. The van der Waals surface area contributed by atoms with E-state index in [0.717, 1.165) is 10.6 Å². The summed E-state index contributed by atoms with van der Waals surface area (Å²) >= 11 is 1.55. The van der Waals surface area contributed by atoms with Crippen LogP contribution in [0.3, 0.4) is 0 Å². The molecular weight excluding hydrogens is 163 g/mol. The summed E-state index contributed by atoms with van der Waals surface area (Å²) in [6, 6.07) is 4.41. The Morgan fingerprint density at radius 3 is 2.82 bits per heavy atom. The molecule has 0 aliphatic carbocycles. The molecule has 0 aliphatic heterocycles. The third-order valence-electron chi connectivity index (χ3n) is 1.23. The minimum atomic E-state index is -0.552. The van der Waals surface area contributed by atoms with E-state index in [2.05, 4.69) is 0 Å². The minimum absolute atomic E-state index is 0.287. The van der Waals surface area contributed by atoms with Gasteiger partial charge in [-0.05, 0) is 24.0 Å². The van der Waals surface area contributed by atoms with Crippen molar-refractivity contribution in [2.24, 2.45) is 0 Å². The lowest BCUT2D eigenvalue weighted by atomic mass is 10.3. The summed E-state index contributed by atoms with van der Waals surface area (Å²) in [6.07, 6.45) is 0. The average Bonchev–Trinajstić information content (AvgIpc) is 1.98. The van der Waals surface area contributed by atoms with Crippen molar-refractivity contribution in [3.05, 3.63) is 24.0 Å². The molecule has 0 spiro atoms. The van der Waals surface area contributed by atoms with E-state index in [1.807, 2.05) is 6.92 Å². The third kappa shape index (κ3) is 2.12. The fourth-order valence-corrected chi connectivity index (χ4v) is 1.43. The summed E-state index contributed by atoms with van der Waals surface area (Å²) < 4.78 is 12.6. The predicted octanol–water partition coefficient (Wildman–Crippen LogP) is 2.64. The first kappa shape index (κ1) is 8.40. The summed E-state index contributed by atoms with van der Waals surface area (Å²) in [4.78, 5) is 0.850. The van der Waals surface area contributed by atoms with Gasteiger partial charge in [-0.3, -0.25) is 0 Å². The van der Waals surface area contributed by atoms with E-state index in [1.54, 1.807) is 17.8 Å². The number of aromatic hydroxyl groups is 1. The first-order valence-electron chi connectivity index (χ1n) is 3.35. The minimum Gasteiger partial charge on any atom is -0.505 e. The molecular formula is C8H9FOS. The Bertz CT molecular complexity index is 250. The highest BCUT2D eigenvalue weighted by molar-refractivity contribution is 7.99. The van der Waals surface area contributed by atoms with Crippen LogP contribution >= 0.6 is 11.8 Å². The van der Waals surface area contributed by atoms with Crippen molar-refractivity contribution < 1.29 is 9.50 Å². The molecule has 0 saturated carbocycles. The predicted molar refractivity (Wildman–Crippen MR) is 44.5 cm³/mol. The molecule has 11 heavy (non-hydrogen) atoms. The molecule has 0 radical (unpaired) electrons. The Morgan fingerprint density at radius 1 is 1.55 bits per heavy atom. The monoisotopic (exact) mass is 172 g/mol. The highest BCUT2D eigenvalue weighted by Crippen LogP contribution is 2.23. The van der Waals surface area contributed by atoms with Crippen LogP contribution in [0.15, 0.2) is 23.1 Å². The van der Waals surface area contributed by atoms with Crippen LogP contribution in [0.5, 0.6) is 5.75 Å². The van der Waals surface area contributed by atoms with Crippen molar-refractivity contribution in [3.8, 4) is 5.75 Å². The van der Waals surface area contributed by atoms with Gasteiger partial charge < -0.3 is 5.11 Å². The summed E-state index contributed by atoms with van der Waals surface area (Å²) in [6.45, 7) is 2.00. The molecule has 0 amide bonds. The lowest BCUT2D eigenvalue weighted by Gasteiger charge is -1.98. The fraction of sp³-hybridized carbons (Fsp3) is 0.250. The molecule has 3 heteroatoms. The second-order valence-corrected chi connectivity index (χ2v) is 3.38. The average molecular weight is 172 g/mol. The quantitative estimate of drug-likeness (QED) is 0.692. The zero-order chi connectivity index (χ0) is 8.27. The van der Waals surface area contributed by atoms with Crippen LogP contribution in [0.25, 0.3) is 0 Å². The molecule has 1 aromatic carbocycles. The summed E-state index contributed by atoms with van der Waals surface area (Å²) in [5.41, 5.74) is 0. The van der Waals surface area contributed by atoms with E-state index in [1.165, 1.54) is 12.1 Å². The molecule has 60 valence electrons. The van der Waals surface area contributed by atoms with Crippen molar-refractivity contribution >= 4 is 11.8 Å². The molecule has 0 aliphatic rings. The van der Waals surface area contributed by atoms with Gasteiger partial charge in [0.2, 0.25) is 0 Å². The Balaban J connectivity index is 2.86. The van der Waals surface area contributed by atoms with Gasteiger partial charge in [0.05, 0.1) is 0 Å². The summed E-state index contributed by atoms with van der Waals surface area (Å²) in [5, 5.41) is 8.83. The summed E-state index contributed by atoms with van der Waals surface area (Å²) in [5.74, 6) is 0.0680. The van der Waals surface area contributed by atoms with Crippen LogP contribution in [0.4, 0.5) is 4.39 Å². The first-order chi connectivity index (χ1) is 5.24. The smallest absolute Gasteiger partial charge is 0.165 e. The van der Waals surface area contributed by atoms with Gasteiger partial charge in [-0.1, -0.05) is 6.92 Å². The zero-order valence-electron chi connectivity index (χ0n) is 6.17. The number of hydrogen-bond donors (Lipinski definition) is 1. The molecule has 0 unspecified atom stereocenters. The van der Waals surface area contributed by atoms with Crippen molar-refractivity contribution in [1.82, 2.24) is 0 Å². The van der Waals surface area contributed by atoms with Gasteiger partial charge in [0, 0.05) is 4.90 Å². The molecule has 1 N–H and O–H groups in total. The number of phenolic OH excluding ortho intramolecular Hbond substituents is 1. The van der Waals surface area contributed by atoms with Crippen LogP contribution < -0.4 is 0 Å². The Morgan fingerprint density at radius 2 is 2.27 bits per heavy atom. The van der Waals surface area contributed by atoms with Gasteiger partial charge in [-0.2, -0.15) is 0 Å². The van der Waals surface area contributed by atoms with E-state index < -0.39 is 5.82 Å². The molecule has 1 nitrogen and oxygen atoms in total. The van der Waals surface area contributed by atoms with Crippen molar-refractivity contribution in [2.75, 3.05) is 5.75 Å². The van der Waals surface area contributed by atoms with E-state index in [4.69, 9.17) is 5.11 Å². The maximum Gasteiger partial charge on any atom is 0.165 e. The van der Waals surface area contributed by atoms with E-state index in [-0.39, 0.29) is 5.75 Å². The van der Waals surface area contributed by atoms with E-state index in [9.17, 15) is 4.39 Å². The number of halogens is 1. The van der Waals surface area contributed by atoms with Gasteiger partial charge >= 0.3 is 0 Å². The van der Waals surface area contributed by atoms with Crippen molar-refractivity contribution in [3.63, 3.8) is 0 Å².